The second-order valence-electron chi connectivity index (χ2n) is 8.57. The van der Waals surface area contributed by atoms with Crippen LogP contribution < -0.4 is 5.32 Å². The van der Waals surface area contributed by atoms with Crippen molar-refractivity contribution in [1.82, 2.24) is 20.1 Å². The van der Waals surface area contributed by atoms with Gasteiger partial charge >= 0.3 is 0 Å². The third-order valence-corrected chi connectivity index (χ3v) is 6.53. The van der Waals surface area contributed by atoms with Crippen LogP contribution in [0.1, 0.15) is 60.6 Å². The highest BCUT2D eigenvalue weighted by Gasteiger charge is 2.26. The van der Waals surface area contributed by atoms with Crippen LogP contribution in [0.2, 0.25) is 0 Å². The molecule has 0 radical (unpaired) electrons. The standard InChI is InChI=1S/C25H34N4O/c30-25(23-12-6-7-15-26-23)29-18-13-22(14-19-29)27-20-24(21-10-4-3-5-11-21)28-16-8-1-2-9-17-28/h3-7,10-12,15,22,24,27H,1-2,8-9,13-14,16-20H2. The summed E-state index contributed by atoms with van der Waals surface area (Å²) in [6.45, 7) is 4.96. The Balaban J connectivity index is 1.32. The summed E-state index contributed by atoms with van der Waals surface area (Å²) < 4.78 is 0. The van der Waals surface area contributed by atoms with E-state index < -0.39 is 0 Å². The number of nitrogens with one attached hydrogen (secondary N) is 1. The van der Waals surface area contributed by atoms with Crippen molar-refractivity contribution in [3.05, 3.63) is 66.0 Å². The fraction of sp³-hybridized carbons (Fsp3) is 0.520. The molecule has 0 bridgehead atoms. The largest absolute Gasteiger partial charge is 0.337 e. The highest BCUT2D eigenvalue weighted by Crippen LogP contribution is 2.24. The molecule has 1 aromatic carbocycles. The fourth-order valence-electron chi connectivity index (χ4n) is 4.76. The molecule has 2 fully saturated rings. The van der Waals surface area contributed by atoms with Crippen molar-refractivity contribution in [3.8, 4) is 0 Å². The molecule has 2 aromatic rings. The molecule has 1 unspecified atom stereocenters. The van der Waals surface area contributed by atoms with Crippen molar-refractivity contribution in [2.24, 2.45) is 0 Å². The Morgan fingerprint density at radius 1 is 0.933 bits per heavy atom. The van der Waals surface area contributed by atoms with Gasteiger partial charge in [-0.25, -0.2) is 0 Å². The number of hydrogen-bond donors (Lipinski definition) is 1. The van der Waals surface area contributed by atoms with Gasteiger partial charge in [0, 0.05) is 37.9 Å². The van der Waals surface area contributed by atoms with Gasteiger partial charge in [-0.05, 0) is 56.5 Å². The maximum absolute atomic E-state index is 12.6. The molecule has 2 saturated heterocycles. The van der Waals surface area contributed by atoms with Gasteiger partial charge < -0.3 is 10.2 Å². The molecule has 2 aliphatic rings. The average molecular weight is 407 g/mol. The lowest BCUT2D eigenvalue weighted by Crippen LogP contribution is -2.47. The number of likely N-dealkylation sites (tertiary alicyclic amines) is 2. The van der Waals surface area contributed by atoms with E-state index in [1.54, 1.807) is 12.3 Å². The molecule has 5 heteroatoms. The molecular weight excluding hydrogens is 372 g/mol. The van der Waals surface area contributed by atoms with Crippen LogP contribution in [0.5, 0.6) is 0 Å². The maximum atomic E-state index is 12.6. The Hall–Kier alpha value is -2.24. The van der Waals surface area contributed by atoms with Gasteiger partial charge in [-0.1, -0.05) is 49.2 Å². The van der Waals surface area contributed by atoms with E-state index in [4.69, 9.17) is 0 Å². The Morgan fingerprint density at radius 3 is 2.30 bits per heavy atom. The summed E-state index contributed by atoms with van der Waals surface area (Å²) in [5, 5.41) is 3.84. The van der Waals surface area contributed by atoms with Crippen LogP contribution in [0, 0.1) is 0 Å². The molecule has 0 saturated carbocycles. The normalized spacial score (nSPS) is 19.9. The second kappa shape index (κ2) is 10.7. The van der Waals surface area contributed by atoms with Gasteiger partial charge in [-0.2, -0.15) is 0 Å². The van der Waals surface area contributed by atoms with E-state index in [2.05, 4.69) is 45.5 Å². The summed E-state index contributed by atoms with van der Waals surface area (Å²) in [6, 6.07) is 17.4. The first-order chi connectivity index (χ1) is 14.8. The molecule has 1 atom stereocenters. The van der Waals surface area contributed by atoms with Gasteiger partial charge in [0.05, 0.1) is 0 Å². The molecule has 2 aliphatic heterocycles. The Kier molecular flexibility index (Phi) is 7.49. The van der Waals surface area contributed by atoms with Gasteiger partial charge in [0.15, 0.2) is 0 Å². The number of nitrogens with zero attached hydrogens (tertiary/aromatic N) is 3. The van der Waals surface area contributed by atoms with E-state index in [-0.39, 0.29) is 5.91 Å². The zero-order chi connectivity index (χ0) is 20.6. The van der Waals surface area contributed by atoms with Crippen LogP contribution in [0.3, 0.4) is 0 Å². The van der Waals surface area contributed by atoms with E-state index in [1.807, 2.05) is 17.0 Å². The minimum atomic E-state index is 0.0563. The molecule has 5 nitrogen and oxygen atoms in total. The van der Waals surface area contributed by atoms with Crippen molar-refractivity contribution in [1.29, 1.82) is 0 Å². The summed E-state index contributed by atoms with van der Waals surface area (Å²) in [5.74, 6) is 0.0563. The number of benzene rings is 1. The number of piperidine rings is 1. The first kappa shape index (κ1) is 21.0. The van der Waals surface area contributed by atoms with Crippen molar-refractivity contribution in [2.45, 2.75) is 50.6 Å². The quantitative estimate of drug-likeness (QED) is 0.791. The van der Waals surface area contributed by atoms with Crippen LogP contribution in [0.4, 0.5) is 0 Å². The van der Waals surface area contributed by atoms with Crippen LogP contribution in [-0.2, 0) is 0 Å². The lowest BCUT2D eigenvalue weighted by Gasteiger charge is -2.36. The molecule has 1 aromatic heterocycles. The van der Waals surface area contributed by atoms with Crippen molar-refractivity contribution >= 4 is 5.91 Å². The third-order valence-electron chi connectivity index (χ3n) is 6.53. The number of pyridine rings is 1. The van der Waals surface area contributed by atoms with E-state index in [0.717, 1.165) is 32.5 Å². The molecule has 1 N–H and O–H groups in total. The first-order valence-corrected chi connectivity index (χ1v) is 11.5. The highest BCUT2D eigenvalue weighted by molar-refractivity contribution is 5.92. The minimum absolute atomic E-state index is 0.0563. The van der Waals surface area contributed by atoms with Gasteiger partial charge in [-0.15, -0.1) is 0 Å². The Labute approximate surface area is 180 Å². The van der Waals surface area contributed by atoms with E-state index >= 15 is 0 Å². The zero-order valence-electron chi connectivity index (χ0n) is 17.9. The Bertz CT molecular complexity index is 766. The molecule has 0 aliphatic carbocycles. The maximum Gasteiger partial charge on any atom is 0.272 e. The SMILES string of the molecule is O=C(c1ccccn1)N1CCC(NCC(c2ccccc2)N2CCCCCC2)CC1. The number of carbonyl (C=O) groups is 1. The van der Waals surface area contributed by atoms with Crippen LogP contribution in [0.15, 0.2) is 54.7 Å². The van der Waals surface area contributed by atoms with Gasteiger partial charge in [0.25, 0.3) is 5.91 Å². The first-order valence-electron chi connectivity index (χ1n) is 11.5. The minimum Gasteiger partial charge on any atom is -0.337 e. The molecule has 4 rings (SSSR count). The van der Waals surface area contributed by atoms with Crippen molar-refractivity contribution < 1.29 is 4.79 Å². The van der Waals surface area contributed by atoms with Gasteiger partial charge in [0.2, 0.25) is 0 Å². The molecule has 1 amide bonds. The summed E-state index contributed by atoms with van der Waals surface area (Å²) in [5.41, 5.74) is 1.96. The highest BCUT2D eigenvalue weighted by atomic mass is 16.2. The zero-order valence-corrected chi connectivity index (χ0v) is 17.9. The smallest absolute Gasteiger partial charge is 0.272 e. The van der Waals surface area contributed by atoms with Gasteiger partial charge in [-0.3, -0.25) is 14.7 Å². The average Bonchev–Trinajstić information content (AvgIpc) is 3.10. The number of rotatable bonds is 6. The predicted molar refractivity (Wildman–Crippen MR) is 120 cm³/mol. The molecule has 30 heavy (non-hydrogen) atoms. The fourth-order valence-corrected chi connectivity index (χ4v) is 4.76. The van der Waals surface area contributed by atoms with Crippen LogP contribution in [-0.4, -0.2) is 59.5 Å². The summed E-state index contributed by atoms with van der Waals surface area (Å²) in [7, 11) is 0. The predicted octanol–water partition coefficient (Wildman–Crippen LogP) is 3.89. The van der Waals surface area contributed by atoms with E-state index in [1.165, 1.54) is 44.3 Å². The van der Waals surface area contributed by atoms with E-state index in [9.17, 15) is 4.79 Å². The molecular formula is C25H34N4O. The monoisotopic (exact) mass is 406 g/mol. The second-order valence-corrected chi connectivity index (χ2v) is 8.57. The van der Waals surface area contributed by atoms with Crippen LogP contribution in [0.25, 0.3) is 0 Å². The Morgan fingerprint density at radius 2 is 1.63 bits per heavy atom. The molecule has 3 heterocycles. The topological polar surface area (TPSA) is 48.5 Å². The number of amides is 1. The molecule has 0 spiro atoms. The van der Waals surface area contributed by atoms with Crippen molar-refractivity contribution in [2.75, 3.05) is 32.7 Å². The lowest BCUT2D eigenvalue weighted by atomic mass is 10.0. The molecule has 160 valence electrons. The lowest BCUT2D eigenvalue weighted by molar-refractivity contribution is 0.0695. The summed E-state index contributed by atoms with van der Waals surface area (Å²) in [6.07, 6.45) is 9.01. The van der Waals surface area contributed by atoms with Crippen LogP contribution >= 0.6 is 0 Å². The van der Waals surface area contributed by atoms with Gasteiger partial charge in [0.1, 0.15) is 5.69 Å². The summed E-state index contributed by atoms with van der Waals surface area (Å²) >= 11 is 0. The number of carbonyl (C=O) groups excluding carboxylic acids is 1. The van der Waals surface area contributed by atoms with Crippen molar-refractivity contribution in [3.63, 3.8) is 0 Å². The number of hydrogen-bond acceptors (Lipinski definition) is 4. The third kappa shape index (κ3) is 5.46. The van der Waals surface area contributed by atoms with E-state index in [0.29, 0.717) is 17.8 Å². The summed E-state index contributed by atoms with van der Waals surface area (Å²) in [4.78, 5) is 21.5. The number of aromatic nitrogens is 1.